The van der Waals surface area contributed by atoms with Crippen molar-refractivity contribution in [2.24, 2.45) is 0 Å². The molecular formula is C24H28O10. The lowest BCUT2D eigenvalue weighted by Crippen LogP contribution is -2.60. The Morgan fingerprint density at radius 2 is 1.71 bits per heavy atom. The summed E-state index contributed by atoms with van der Waals surface area (Å²) in [4.78, 5) is 13.0. The highest BCUT2D eigenvalue weighted by Crippen LogP contribution is 2.48. The zero-order valence-corrected chi connectivity index (χ0v) is 19.0. The molecule has 2 aliphatic heterocycles. The number of hydrogen-bond donors (Lipinski definition) is 5. The van der Waals surface area contributed by atoms with Gasteiger partial charge in [-0.1, -0.05) is 12.1 Å². The maximum atomic E-state index is 13.0. The van der Waals surface area contributed by atoms with Crippen LogP contribution in [0.5, 0.6) is 23.0 Å². The normalized spacial score (nSPS) is 28.7. The van der Waals surface area contributed by atoms with Gasteiger partial charge >= 0.3 is 0 Å². The predicted molar refractivity (Wildman–Crippen MR) is 117 cm³/mol. The molecule has 0 radical (unpaired) electrons. The first-order valence-corrected chi connectivity index (χ1v) is 10.8. The number of Topliss-reactive ketones (excluding diaryl/α,β-unsaturated/α-hetero) is 1. The van der Waals surface area contributed by atoms with Gasteiger partial charge in [-0.15, -0.1) is 0 Å². The summed E-state index contributed by atoms with van der Waals surface area (Å²) in [5.74, 6) is 0.262. The fourth-order valence-electron chi connectivity index (χ4n) is 4.30. The number of phenols is 1. The average molecular weight is 476 g/mol. The molecule has 1 fully saturated rings. The predicted octanol–water partition coefficient (Wildman–Crippen LogP) is 0.903. The fraction of sp³-hybridized carbons (Fsp3) is 0.458. The second-order valence-electron chi connectivity index (χ2n) is 8.45. The molecule has 2 aliphatic rings. The van der Waals surface area contributed by atoms with Crippen LogP contribution in [-0.4, -0.2) is 75.7 Å². The van der Waals surface area contributed by atoms with Crippen LogP contribution >= 0.6 is 0 Å². The Morgan fingerprint density at radius 3 is 2.32 bits per heavy atom. The van der Waals surface area contributed by atoms with Crippen LogP contribution in [0.2, 0.25) is 0 Å². The van der Waals surface area contributed by atoms with E-state index < -0.39 is 43.4 Å². The number of phenolic OH excluding ortho intramolecular Hbond substituents is 1. The highest BCUT2D eigenvalue weighted by molar-refractivity contribution is 6.03. The van der Waals surface area contributed by atoms with E-state index in [-0.39, 0.29) is 40.6 Å². The van der Waals surface area contributed by atoms with Crippen molar-refractivity contribution in [1.29, 1.82) is 0 Å². The van der Waals surface area contributed by atoms with E-state index in [1.165, 1.54) is 6.92 Å². The number of ether oxygens (including phenoxy) is 4. The summed E-state index contributed by atoms with van der Waals surface area (Å²) in [7, 11) is 1.55. The van der Waals surface area contributed by atoms with Gasteiger partial charge in [-0.05, 0) is 31.5 Å². The van der Waals surface area contributed by atoms with Crippen molar-refractivity contribution in [2.45, 2.75) is 57.1 Å². The number of rotatable bonds is 5. The summed E-state index contributed by atoms with van der Waals surface area (Å²) in [6.45, 7) is 2.55. The van der Waals surface area contributed by atoms with E-state index in [1.54, 1.807) is 38.3 Å². The Hall–Kier alpha value is -2.89. The van der Waals surface area contributed by atoms with Gasteiger partial charge in [0.1, 0.15) is 59.1 Å². The molecule has 34 heavy (non-hydrogen) atoms. The third-order valence-electron chi connectivity index (χ3n) is 6.32. The van der Waals surface area contributed by atoms with E-state index in [0.29, 0.717) is 11.3 Å². The van der Waals surface area contributed by atoms with Gasteiger partial charge in [0.15, 0.2) is 5.78 Å². The molecule has 2 aromatic rings. The topological polar surface area (TPSA) is 155 Å². The van der Waals surface area contributed by atoms with Gasteiger partial charge in [-0.2, -0.15) is 0 Å². The highest BCUT2D eigenvalue weighted by Gasteiger charge is 2.45. The molecule has 0 aromatic heterocycles. The zero-order chi connectivity index (χ0) is 24.7. The summed E-state index contributed by atoms with van der Waals surface area (Å²) < 4.78 is 22.5. The molecule has 0 bridgehead atoms. The largest absolute Gasteiger partial charge is 0.507 e. The first kappa shape index (κ1) is 24.2. The number of carbonyl (C=O) groups is 1. The monoisotopic (exact) mass is 476 g/mol. The number of aliphatic hydroxyl groups excluding tert-OH is 4. The van der Waals surface area contributed by atoms with Crippen molar-refractivity contribution in [2.75, 3.05) is 13.7 Å². The zero-order valence-electron chi connectivity index (χ0n) is 19.0. The Labute approximate surface area is 195 Å². The van der Waals surface area contributed by atoms with Crippen LogP contribution < -0.4 is 14.2 Å². The van der Waals surface area contributed by atoms with E-state index in [9.17, 15) is 30.3 Å². The lowest BCUT2D eigenvalue weighted by atomic mass is 9.91. The summed E-state index contributed by atoms with van der Waals surface area (Å²) in [5.41, 5.74) is 1.39. The van der Waals surface area contributed by atoms with Crippen LogP contribution in [0, 0.1) is 13.8 Å². The Bertz CT molecular complexity index is 1060. The van der Waals surface area contributed by atoms with Gasteiger partial charge in [0.05, 0.1) is 20.1 Å². The minimum Gasteiger partial charge on any atom is -0.507 e. The number of aliphatic hydroxyl groups is 4. The van der Waals surface area contributed by atoms with Crippen LogP contribution in [-0.2, 0) is 4.74 Å². The molecule has 10 nitrogen and oxygen atoms in total. The number of carbonyl (C=O) groups excluding carboxylic acids is 1. The quantitative estimate of drug-likeness (QED) is 0.420. The van der Waals surface area contributed by atoms with Crippen LogP contribution in [0.3, 0.4) is 0 Å². The molecule has 184 valence electrons. The number of fused-ring (bicyclic) bond motifs is 1. The summed E-state index contributed by atoms with van der Waals surface area (Å²) in [6.07, 6.45) is -7.99. The minimum atomic E-state index is -1.63. The molecule has 1 saturated heterocycles. The Balaban J connectivity index is 1.69. The lowest BCUT2D eigenvalue weighted by Gasteiger charge is -2.40. The summed E-state index contributed by atoms with van der Waals surface area (Å²) >= 11 is 0. The number of benzene rings is 2. The maximum absolute atomic E-state index is 13.0. The van der Waals surface area contributed by atoms with Crippen molar-refractivity contribution in [1.82, 2.24) is 0 Å². The molecule has 0 amide bonds. The van der Waals surface area contributed by atoms with Crippen LogP contribution in [0.25, 0.3) is 0 Å². The van der Waals surface area contributed by atoms with Crippen molar-refractivity contribution in [3.8, 4) is 23.0 Å². The molecule has 0 spiro atoms. The third-order valence-corrected chi connectivity index (χ3v) is 6.32. The first-order valence-electron chi connectivity index (χ1n) is 10.8. The summed E-state index contributed by atoms with van der Waals surface area (Å²) in [5, 5.41) is 50.6. The molecule has 4 rings (SSSR count). The standard InChI is InChI=1S/C24H28O10/c1-10-18(27)17-14(26)8-15(12-4-6-13(31-3)7-5-12)32-23(17)11(2)22(10)34-24-21(30)20(29)19(28)16(9-25)33-24/h4-7,15-16,19-21,24-25,27-30H,8-9H2,1-3H3/t15?,16-,19-,20-,21-,24+/m1/s1. The molecule has 5 N–H and O–H groups in total. The van der Waals surface area contributed by atoms with Gasteiger partial charge in [0.2, 0.25) is 6.29 Å². The van der Waals surface area contributed by atoms with Gasteiger partial charge in [0, 0.05) is 11.1 Å². The smallest absolute Gasteiger partial charge is 0.229 e. The molecule has 2 heterocycles. The number of aromatic hydroxyl groups is 1. The van der Waals surface area contributed by atoms with E-state index in [4.69, 9.17) is 18.9 Å². The molecule has 0 saturated carbocycles. The fourth-order valence-corrected chi connectivity index (χ4v) is 4.30. The van der Waals surface area contributed by atoms with Crippen LogP contribution in [0.4, 0.5) is 0 Å². The van der Waals surface area contributed by atoms with Gasteiger partial charge in [0.25, 0.3) is 0 Å². The van der Waals surface area contributed by atoms with Crippen LogP contribution in [0.1, 0.15) is 39.6 Å². The van der Waals surface area contributed by atoms with Gasteiger partial charge < -0.3 is 44.5 Å². The van der Waals surface area contributed by atoms with Crippen molar-refractivity contribution < 1.29 is 49.3 Å². The van der Waals surface area contributed by atoms with Crippen molar-refractivity contribution in [3.63, 3.8) is 0 Å². The van der Waals surface area contributed by atoms with E-state index >= 15 is 0 Å². The average Bonchev–Trinajstić information content (AvgIpc) is 2.84. The van der Waals surface area contributed by atoms with Crippen molar-refractivity contribution >= 4 is 5.78 Å². The van der Waals surface area contributed by atoms with E-state index in [0.717, 1.165) is 5.56 Å². The number of hydrogen-bond acceptors (Lipinski definition) is 10. The van der Waals surface area contributed by atoms with Crippen molar-refractivity contribution in [3.05, 3.63) is 46.5 Å². The Kier molecular flexibility index (Phi) is 6.70. The third kappa shape index (κ3) is 4.08. The SMILES string of the molecule is COc1ccc(C2CC(=O)c3c(O)c(C)c(O[C@@H]4O[C@H](CO)[C@@H](O)[C@@H](O)[C@H]4O)c(C)c3O2)cc1. The molecule has 2 aromatic carbocycles. The summed E-state index contributed by atoms with van der Waals surface area (Å²) in [6, 6.07) is 7.09. The Morgan fingerprint density at radius 1 is 1.03 bits per heavy atom. The van der Waals surface area contributed by atoms with Gasteiger partial charge in [-0.25, -0.2) is 0 Å². The molecule has 10 heteroatoms. The number of methoxy groups -OCH3 is 1. The second-order valence-corrected chi connectivity index (χ2v) is 8.45. The number of ketones is 1. The lowest BCUT2D eigenvalue weighted by molar-refractivity contribution is -0.277. The highest BCUT2D eigenvalue weighted by atomic mass is 16.7. The molecular weight excluding hydrogens is 448 g/mol. The van der Waals surface area contributed by atoms with Gasteiger partial charge in [-0.3, -0.25) is 4.79 Å². The first-order chi connectivity index (χ1) is 16.2. The maximum Gasteiger partial charge on any atom is 0.229 e. The van der Waals surface area contributed by atoms with Crippen LogP contribution in [0.15, 0.2) is 24.3 Å². The second kappa shape index (κ2) is 9.40. The molecule has 1 unspecified atom stereocenters. The molecule has 6 atom stereocenters. The van der Waals surface area contributed by atoms with E-state index in [1.807, 2.05) is 0 Å². The van der Waals surface area contributed by atoms with E-state index in [2.05, 4.69) is 0 Å². The molecule has 0 aliphatic carbocycles. The minimum absolute atomic E-state index is 0.0265.